The molecule has 0 spiro atoms. The maximum absolute atomic E-state index is 12.6. The molecule has 0 atom stereocenters. The van der Waals surface area contributed by atoms with E-state index in [9.17, 15) is 9.59 Å². The Hall–Kier alpha value is -2.48. The summed E-state index contributed by atoms with van der Waals surface area (Å²) in [5.41, 5.74) is 0.982. The number of hydrogen-bond acceptors (Lipinski definition) is 4. The molecule has 2 aromatic heterocycles. The van der Waals surface area contributed by atoms with E-state index < -0.39 is 0 Å². The van der Waals surface area contributed by atoms with Gasteiger partial charge in [-0.15, -0.1) is 0 Å². The van der Waals surface area contributed by atoms with E-state index >= 15 is 0 Å². The van der Waals surface area contributed by atoms with Crippen LogP contribution in [0.2, 0.25) is 0 Å². The molecule has 1 amide bonds. The molecule has 1 saturated carbocycles. The van der Waals surface area contributed by atoms with Crippen molar-refractivity contribution in [2.24, 2.45) is 7.05 Å². The molecule has 4 rings (SSSR count). The third kappa shape index (κ3) is 2.84. The number of carbonyl (C=O) groups is 1. The Morgan fingerprint density at radius 3 is 2.88 bits per heavy atom. The van der Waals surface area contributed by atoms with Gasteiger partial charge in [0.15, 0.2) is 5.65 Å². The Morgan fingerprint density at radius 1 is 1.38 bits per heavy atom. The molecule has 26 heavy (non-hydrogen) atoms. The number of halogens is 1. The second kappa shape index (κ2) is 6.35. The lowest BCUT2D eigenvalue weighted by Crippen LogP contribution is -2.52. The van der Waals surface area contributed by atoms with Crippen molar-refractivity contribution in [2.45, 2.75) is 31.3 Å². The van der Waals surface area contributed by atoms with Crippen LogP contribution in [0.4, 0.5) is 0 Å². The number of benzene rings is 1. The van der Waals surface area contributed by atoms with Crippen LogP contribution in [0.3, 0.4) is 0 Å². The topological polar surface area (TPSA) is 81.8 Å². The fraction of sp³-hybridized carbons (Fsp3) is 0.333. The van der Waals surface area contributed by atoms with E-state index in [0.29, 0.717) is 11.0 Å². The van der Waals surface area contributed by atoms with Gasteiger partial charge in [-0.25, -0.2) is 4.98 Å². The highest BCUT2D eigenvalue weighted by atomic mass is 79.9. The second-order valence-electron chi connectivity index (χ2n) is 6.68. The summed E-state index contributed by atoms with van der Waals surface area (Å²) in [5, 5.41) is 7.59. The number of aromatic nitrogens is 4. The minimum atomic E-state index is -0.351. The number of carbonyl (C=O) groups excluding carboxylic acids is 1. The summed E-state index contributed by atoms with van der Waals surface area (Å²) in [5.74, 6) is -0.197. The smallest absolute Gasteiger partial charge is 0.264 e. The van der Waals surface area contributed by atoms with Crippen LogP contribution in [0.5, 0.6) is 0 Å². The molecule has 0 unspecified atom stereocenters. The Labute approximate surface area is 158 Å². The summed E-state index contributed by atoms with van der Waals surface area (Å²) in [6.45, 7) is -0.0631. The van der Waals surface area contributed by atoms with Crippen LogP contribution in [0.25, 0.3) is 11.0 Å². The third-order valence-electron chi connectivity index (χ3n) is 5.00. The van der Waals surface area contributed by atoms with E-state index in [1.165, 1.54) is 21.8 Å². The van der Waals surface area contributed by atoms with Gasteiger partial charge in [-0.2, -0.15) is 5.10 Å². The van der Waals surface area contributed by atoms with E-state index in [2.05, 4.69) is 31.3 Å². The molecule has 1 aliphatic rings. The molecule has 134 valence electrons. The first-order valence-corrected chi connectivity index (χ1v) is 9.22. The maximum atomic E-state index is 12.6. The largest absolute Gasteiger partial charge is 0.345 e. The molecule has 1 aliphatic carbocycles. The predicted octanol–water partition coefficient (Wildman–Crippen LogP) is 2.09. The van der Waals surface area contributed by atoms with Crippen molar-refractivity contribution in [1.82, 2.24) is 24.6 Å². The average Bonchev–Trinajstić information content (AvgIpc) is 2.95. The van der Waals surface area contributed by atoms with E-state index in [4.69, 9.17) is 0 Å². The maximum Gasteiger partial charge on any atom is 0.264 e. The van der Waals surface area contributed by atoms with Gasteiger partial charge in [0.2, 0.25) is 5.91 Å². The second-order valence-corrected chi connectivity index (χ2v) is 7.59. The fourth-order valence-corrected chi connectivity index (χ4v) is 3.84. The van der Waals surface area contributed by atoms with Crippen molar-refractivity contribution < 1.29 is 4.79 Å². The highest BCUT2D eigenvalue weighted by Gasteiger charge is 2.40. The van der Waals surface area contributed by atoms with Gasteiger partial charge in [-0.05, 0) is 37.0 Å². The zero-order valence-corrected chi connectivity index (χ0v) is 15.9. The highest BCUT2D eigenvalue weighted by molar-refractivity contribution is 9.10. The molecule has 7 nitrogen and oxygen atoms in total. The monoisotopic (exact) mass is 415 g/mol. The van der Waals surface area contributed by atoms with Crippen molar-refractivity contribution in [1.29, 1.82) is 0 Å². The van der Waals surface area contributed by atoms with Gasteiger partial charge < -0.3 is 5.32 Å². The molecule has 0 radical (unpaired) electrons. The van der Waals surface area contributed by atoms with Gasteiger partial charge in [-0.3, -0.25) is 18.8 Å². The number of amides is 1. The predicted molar refractivity (Wildman–Crippen MR) is 101 cm³/mol. The summed E-state index contributed by atoms with van der Waals surface area (Å²) in [6, 6.07) is 8.00. The van der Waals surface area contributed by atoms with Crippen LogP contribution >= 0.6 is 15.9 Å². The Balaban J connectivity index is 1.57. The number of nitrogens with zero attached hydrogens (tertiary/aromatic N) is 4. The van der Waals surface area contributed by atoms with Crippen LogP contribution in [-0.2, 0) is 23.9 Å². The van der Waals surface area contributed by atoms with E-state index in [-0.39, 0.29) is 23.6 Å². The van der Waals surface area contributed by atoms with Gasteiger partial charge in [-0.1, -0.05) is 28.1 Å². The summed E-state index contributed by atoms with van der Waals surface area (Å²) >= 11 is 3.49. The zero-order chi connectivity index (χ0) is 18.3. The molecular weight excluding hydrogens is 398 g/mol. The van der Waals surface area contributed by atoms with Crippen molar-refractivity contribution in [3.05, 3.63) is 57.2 Å². The first kappa shape index (κ1) is 17.0. The molecule has 3 aromatic rings. The number of rotatable bonds is 4. The molecular formula is C18H18BrN5O2. The normalized spacial score (nSPS) is 15.6. The van der Waals surface area contributed by atoms with Gasteiger partial charge >= 0.3 is 0 Å². The van der Waals surface area contributed by atoms with Gasteiger partial charge in [0.05, 0.1) is 11.7 Å². The molecule has 0 aliphatic heterocycles. The lowest BCUT2D eigenvalue weighted by molar-refractivity contribution is -0.125. The van der Waals surface area contributed by atoms with Crippen LogP contribution in [0, 0.1) is 0 Å². The average molecular weight is 416 g/mol. The molecule has 8 heteroatoms. The summed E-state index contributed by atoms with van der Waals surface area (Å²) in [4.78, 5) is 29.4. The Bertz CT molecular complexity index is 1050. The third-order valence-corrected chi connectivity index (χ3v) is 5.49. The van der Waals surface area contributed by atoms with E-state index in [1.807, 2.05) is 24.3 Å². The molecule has 1 N–H and O–H groups in total. The molecule has 1 aromatic carbocycles. The zero-order valence-electron chi connectivity index (χ0n) is 14.3. The molecule has 2 heterocycles. The molecule has 0 saturated heterocycles. The van der Waals surface area contributed by atoms with Gasteiger partial charge in [0, 0.05) is 11.5 Å². The standard InChI is InChI=1S/C18H18BrN5O2/c1-23-16-14(9-21-23)17(26)24(11-20-16)10-15(25)22-18(6-3-7-18)12-4-2-5-13(19)8-12/h2,4-5,8-9,11H,3,6-7,10H2,1H3,(H,22,25). The minimum Gasteiger partial charge on any atom is -0.345 e. The van der Waals surface area contributed by atoms with E-state index in [1.54, 1.807) is 7.05 Å². The van der Waals surface area contributed by atoms with Crippen molar-refractivity contribution in [3.63, 3.8) is 0 Å². The lowest BCUT2D eigenvalue weighted by atomic mass is 9.72. The van der Waals surface area contributed by atoms with Crippen molar-refractivity contribution in [3.8, 4) is 0 Å². The number of fused-ring (bicyclic) bond motifs is 1. The summed E-state index contributed by atoms with van der Waals surface area (Å²) in [7, 11) is 1.73. The van der Waals surface area contributed by atoms with Crippen LogP contribution in [-0.4, -0.2) is 25.2 Å². The quantitative estimate of drug-likeness (QED) is 0.706. The lowest BCUT2D eigenvalue weighted by Gasteiger charge is -2.43. The van der Waals surface area contributed by atoms with Crippen LogP contribution in [0.15, 0.2) is 46.1 Å². The van der Waals surface area contributed by atoms with Crippen LogP contribution < -0.4 is 10.9 Å². The van der Waals surface area contributed by atoms with Crippen molar-refractivity contribution in [2.75, 3.05) is 0 Å². The van der Waals surface area contributed by atoms with Gasteiger partial charge in [0.1, 0.15) is 18.3 Å². The molecule has 1 fully saturated rings. The van der Waals surface area contributed by atoms with Crippen molar-refractivity contribution >= 4 is 32.9 Å². The number of hydrogen-bond donors (Lipinski definition) is 1. The fourth-order valence-electron chi connectivity index (χ4n) is 3.44. The molecule has 0 bridgehead atoms. The number of aryl methyl sites for hydroxylation is 1. The highest BCUT2D eigenvalue weighted by Crippen LogP contribution is 2.41. The van der Waals surface area contributed by atoms with Crippen LogP contribution in [0.1, 0.15) is 24.8 Å². The van der Waals surface area contributed by atoms with E-state index in [0.717, 1.165) is 29.3 Å². The first-order chi connectivity index (χ1) is 12.5. The Morgan fingerprint density at radius 2 is 2.19 bits per heavy atom. The minimum absolute atomic E-state index is 0.0631. The first-order valence-electron chi connectivity index (χ1n) is 8.43. The van der Waals surface area contributed by atoms with Gasteiger partial charge in [0.25, 0.3) is 5.56 Å². The summed E-state index contributed by atoms with van der Waals surface area (Å²) < 4.78 is 3.85. The summed E-state index contributed by atoms with van der Waals surface area (Å²) in [6.07, 6.45) is 5.73. The SMILES string of the molecule is Cn1ncc2c(=O)n(CC(=O)NC3(c4cccc(Br)c4)CCC3)cnc21. The Kier molecular flexibility index (Phi) is 4.14. The number of nitrogens with one attached hydrogen (secondary N) is 1.